The highest BCUT2D eigenvalue weighted by molar-refractivity contribution is 7.99. The summed E-state index contributed by atoms with van der Waals surface area (Å²) in [5.41, 5.74) is 0.658. The monoisotopic (exact) mass is 332 g/mol. The molecule has 0 spiro atoms. The zero-order chi connectivity index (χ0) is 15.4. The summed E-state index contributed by atoms with van der Waals surface area (Å²) in [7, 11) is 0. The number of hydrogen-bond acceptors (Lipinski definition) is 4. The molecule has 0 saturated carbocycles. The topological polar surface area (TPSA) is 50.4 Å². The molecule has 1 heterocycles. The second kappa shape index (κ2) is 7.04. The number of nitrogens with one attached hydrogen (secondary N) is 2. The molecule has 1 saturated heterocycles. The summed E-state index contributed by atoms with van der Waals surface area (Å²) in [5.74, 6) is -2.77. The lowest BCUT2D eigenvalue weighted by molar-refractivity contribution is -0.142. The summed E-state index contributed by atoms with van der Waals surface area (Å²) in [5, 5.41) is 6.07. The van der Waals surface area contributed by atoms with Gasteiger partial charge in [-0.05, 0) is 43.4 Å². The van der Waals surface area contributed by atoms with E-state index in [0.29, 0.717) is 33.9 Å². The Morgan fingerprint density at radius 1 is 1.43 bits per heavy atom. The van der Waals surface area contributed by atoms with Gasteiger partial charge in [-0.3, -0.25) is 0 Å². The van der Waals surface area contributed by atoms with Crippen molar-refractivity contribution in [2.24, 2.45) is 0 Å². The highest BCUT2D eigenvalue weighted by Gasteiger charge is 2.32. The van der Waals surface area contributed by atoms with Crippen molar-refractivity contribution in [1.29, 1.82) is 0 Å². The first kappa shape index (κ1) is 16.0. The molecule has 1 aliphatic rings. The van der Waals surface area contributed by atoms with Crippen LogP contribution in [0, 0.1) is 0 Å². The molecule has 0 amide bonds. The minimum atomic E-state index is -2.44. The van der Waals surface area contributed by atoms with E-state index in [4.69, 9.17) is 17.0 Å². The van der Waals surface area contributed by atoms with Crippen LogP contribution in [0.4, 0.5) is 14.5 Å². The van der Waals surface area contributed by atoms with Crippen molar-refractivity contribution in [3.8, 4) is 0 Å². The number of thioether (sulfide) groups is 1. The van der Waals surface area contributed by atoms with Gasteiger partial charge in [0.2, 0.25) is 0 Å². The van der Waals surface area contributed by atoms with Gasteiger partial charge in [-0.2, -0.15) is 8.78 Å². The molecule has 8 heteroatoms. The molecule has 4 nitrogen and oxygen atoms in total. The van der Waals surface area contributed by atoms with Crippen LogP contribution in [0.15, 0.2) is 29.2 Å². The van der Waals surface area contributed by atoms with Crippen LogP contribution >= 0.6 is 24.0 Å². The molecule has 0 aromatic heterocycles. The third-order valence-corrected chi connectivity index (χ3v) is 3.75. The first-order valence-corrected chi connectivity index (χ1v) is 7.55. The number of thiocarbonyl (C=S) groups is 1. The van der Waals surface area contributed by atoms with Crippen LogP contribution in [0.1, 0.15) is 13.3 Å². The summed E-state index contributed by atoms with van der Waals surface area (Å²) in [6.07, 6.45) is 0.438. The number of carbonyl (C=O) groups excluding carboxylic acids is 1. The van der Waals surface area contributed by atoms with Gasteiger partial charge in [-0.25, -0.2) is 4.79 Å². The molecule has 1 aliphatic heterocycles. The maximum atomic E-state index is 12.2. The average Bonchev–Trinajstić information content (AvgIpc) is 2.69. The molecular weight excluding hydrogens is 318 g/mol. The first-order chi connectivity index (χ1) is 9.94. The fraction of sp³-hybridized carbons (Fsp3) is 0.385. The molecule has 2 atom stereocenters. The number of halogens is 2. The van der Waals surface area contributed by atoms with Crippen molar-refractivity contribution < 1.29 is 18.3 Å². The Bertz CT molecular complexity index is 525. The molecule has 1 aromatic rings. The molecule has 2 N–H and O–H groups in total. The minimum absolute atomic E-state index is 0.122. The van der Waals surface area contributed by atoms with Crippen LogP contribution in [0.25, 0.3) is 0 Å². The maximum Gasteiger partial charge on any atom is 0.329 e. The molecule has 2 rings (SSSR count). The third kappa shape index (κ3) is 4.82. The fourth-order valence-corrected chi connectivity index (χ4v) is 2.68. The van der Waals surface area contributed by atoms with Crippen molar-refractivity contribution >= 4 is 40.7 Å². The van der Waals surface area contributed by atoms with Crippen LogP contribution in [-0.2, 0) is 9.53 Å². The van der Waals surface area contributed by atoms with Gasteiger partial charge < -0.3 is 15.4 Å². The van der Waals surface area contributed by atoms with E-state index in [1.54, 1.807) is 24.3 Å². The third-order valence-electron chi connectivity index (χ3n) is 2.81. The largest absolute Gasteiger partial charge is 0.461 e. The molecule has 0 bridgehead atoms. The van der Waals surface area contributed by atoms with Gasteiger partial charge in [0.15, 0.2) is 5.11 Å². The molecule has 0 radical (unpaired) electrons. The molecule has 1 fully saturated rings. The molecular formula is C13H14F2N2O2S2. The number of anilines is 1. The number of alkyl halides is 2. The Kier molecular flexibility index (Phi) is 5.35. The van der Waals surface area contributed by atoms with E-state index in [0.717, 1.165) is 0 Å². The van der Waals surface area contributed by atoms with Gasteiger partial charge in [-0.1, -0.05) is 11.8 Å². The van der Waals surface area contributed by atoms with Gasteiger partial charge in [0.1, 0.15) is 12.1 Å². The van der Waals surface area contributed by atoms with Crippen LogP contribution in [0.2, 0.25) is 0 Å². The number of benzene rings is 1. The van der Waals surface area contributed by atoms with Crippen LogP contribution in [0.3, 0.4) is 0 Å². The molecule has 21 heavy (non-hydrogen) atoms. The summed E-state index contributed by atoms with van der Waals surface area (Å²) in [6, 6.07) is 6.00. The van der Waals surface area contributed by atoms with Crippen LogP contribution in [-0.4, -0.2) is 29.0 Å². The molecule has 0 unspecified atom stereocenters. The number of ether oxygens (including phenoxy) is 1. The van der Waals surface area contributed by atoms with Crippen LogP contribution in [0.5, 0.6) is 0 Å². The van der Waals surface area contributed by atoms with Crippen molar-refractivity contribution in [2.45, 2.75) is 36.1 Å². The van der Waals surface area contributed by atoms with Crippen LogP contribution < -0.4 is 10.6 Å². The Morgan fingerprint density at radius 3 is 2.62 bits per heavy atom. The van der Waals surface area contributed by atoms with E-state index >= 15 is 0 Å². The minimum Gasteiger partial charge on any atom is -0.461 e. The van der Waals surface area contributed by atoms with Gasteiger partial charge in [0.05, 0.1) is 0 Å². The first-order valence-electron chi connectivity index (χ1n) is 6.27. The SMILES string of the molecule is C[C@H]1C[C@@H](NC(=S)Nc2ccc(SC(F)F)cc2)C(=O)O1. The zero-order valence-corrected chi connectivity index (χ0v) is 12.8. The van der Waals surface area contributed by atoms with Gasteiger partial charge in [-0.15, -0.1) is 0 Å². The number of cyclic esters (lactones) is 1. The van der Waals surface area contributed by atoms with E-state index in [1.165, 1.54) is 0 Å². The van der Waals surface area contributed by atoms with Gasteiger partial charge in [0, 0.05) is 17.0 Å². The van der Waals surface area contributed by atoms with Crippen molar-refractivity contribution in [3.63, 3.8) is 0 Å². The predicted molar refractivity (Wildman–Crippen MR) is 81.6 cm³/mol. The summed E-state index contributed by atoms with van der Waals surface area (Å²) in [4.78, 5) is 11.9. The van der Waals surface area contributed by atoms with Gasteiger partial charge in [0.25, 0.3) is 5.76 Å². The number of esters is 1. The Hall–Kier alpha value is -1.41. The fourth-order valence-electron chi connectivity index (χ4n) is 1.92. The lowest BCUT2D eigenvalue weighted by Gasteiger charge is -2.13. The normalized spacial score (nSPS) is 21.2. The lowest BCUT2D eigenvalue weighted by atomic mass is 10.2. The number of rotatable bonds is 4. The Labute approximate surface area is 130 Å². The average molecular weight is 332 g/mol. The standard InChI is InChI=1S/C13H14F2N2O2S2/c1-7-6-10(11(18)19-7)17-13(20)16-8-2-4-9(5-3-8)21-12(14)15/h2-5,7,10,12H,6H2,1H3,(H2,16,17,20)/t7-,10+/m0/s1. The van der Waals surface area contributed by atoms with E-state index in [1.807, 2.05) is 6.92 Å². The predicted octanol–water partition coefficient (Wildman–Crippen LogP) is 2.99. The van der Waals surface area contributed by atoms with Crippen molar-refractivity contribution in [2.75, 3.05) is 5.32 Å². The zero-order valence-electron chi connectivity index (χ0n) is 11.1. The smallest absolute Gasteiger partial charge is 0.329 e. The highest BCUT2D eigenvalue weighted by Crippen LogP contribution is 2.26. The van der Waals surface area contributed by atoms with E-state index in [9.17, 15) is 13.6 Å². The maximum absolute atomic E-state index is 12.2. The van der Waals surface area contributed by atoms with Gasteiger partial charge >= 0.3 is 5.97 Å². The molecule has 1 aromatic carbocycles. The second-order valence-corrected chi connectivity index (χ2v) is 6.01. The Balaban J connectivity index is 1.86. The van der Waals surface area contributed by atoms with E-state index in [2.05, 4.69) is 10.6 Å². The summed E-state index contributed by atoms with van der Waals surface area (Å²) in [6.45, 7) is 1.81. The summed E-state index contributed by atoms with van der Waals surface area (Å²) < 4.78 is 29.4. The lowest BCUT2D eigenvalue weighted by Crippen LogP contribution is -2.40. The van der Waals surface area contributed by atoms with Crippen molar-refractivity contribution in [1.82, 2.24) is 5.32 Å². The summed E-state index contributed by atoms with van der Waals surface area (Å²) >= 11 is 5.59. The Morgan fingerprint density at radius 2 is 2.10 bits per heavy atom. The quantitative estimate of drug-likeness (QED) is 0.502. The van der Waals surface area contributed by atoms with E-state index < -0.39 is 11.8 Å². The number of hydrogen-bond donors (Lipinski definition) is 2. The highest BCUT2D eigenvalue weighted by atomic mass is 32.2. The van der Waals surface area contributed by atoms with E-state index in [-0.39, 0.29) is 12.1 Å². The second-order valence-electron chi connectivity index (χ2n) is 4.54. The number of carbonyl (C=O) groups is 1. The molecule has 114 valence electrons. The van der Waals surface area contributed by atoms with Crippen molar-refractivity contribution in [3.05, 3.63) is 24.3 Å². The molecule has 0 aliphatic carbocycles.